The van der Waals surface area contributed by atoms with Crippen molar-refractivity contribution in [2.45, 2.75) is 0 Å². The van der Waals surface area contributed by atoms with E-state index in [4.69, 9.17) is 10.5 Å². The molecule has 5 heteroatoms. The summed E-state index contributed by atoms with van der Waals surface area (Å²) in [5.41, 5.74) is 6.08. The molecule has 2 N–H and O–H groups in total. The summed E-state index contributed by atoms with van der Waals surface area (Å²) in [4.78, 5) is 18.9. The predicted molar refractivity (Wildman–Crippen MR) is 66.3 cm³/mol. The van der Waals surface area contributed by atoms with E-state index in [1.807, 2.05) is 30.3 Å². The van der Waals surface area contributed by atoms with Crippen LogP contribution in [0.5, 0.6) is 5.88 Å². The van der Waals surface area contributed by atoms with Gasteiger partial charge in [-0.3, -0.25) is 4.79 Å². The Morgan fingerprint density at radius 3 is 2.61 bits per heavy atom. The van der Waals surface area contributed by atoms with E-state index in [9.17, 15) is 4.79 Å². The number of hydrogen-bond donors (Lipinski definition) is 1. The maximum Gasteiger partial charge on any atom is 0.284 e. The topological polar surface area (TPSA) is 78.1 Å². The van der Waals surface area contributed by atoms with Crippen LogP contribution in [0, 0.1) is 0 Å². The van der Waals surface area contributed by atoms with E-state index in [1.165, 1.54) is 12.5 Å². The number of hydrogen-bond acceptors (Lipinski definition) is 4. The third-order valence-corrected chi connectivity index (χ3v) is 2.11. The molecule has 0 aliphatic heterocycles. The Hall–Kier alpha value is -2.69. The second kappa shape index (κ2) is 5.58. The van der Waals surface area contributed by atoms with E-state index in [0.29, 0.717) is 0 Å². The summed E-state index contributed by atoms with van der Waals surface area (Å²) >= 11 is 0. The van der Waals surface area contributed by atoms with Crippen LogP contribution in [0.25, 0.3) is 6.08 Å². The Labute approximate surface area is 104 Å². The minimum Gasteiger partial charge on any atom is -0.433 e. The van der Waals surface area contributed by atoms with Gasteiger partial charge < -0.3 is 10.5 Å². The first-order chi connectivity index (χ1) is 8.75. The van der Waals surface area contributed by atoms with Crippen LogP contribution in [-0.4, -0.2) is 15.9 Å². The van der Waals surface area contributed by atoms with Gasteiger partial charge in [-0.1, -0.05) is 30.3 Å². The van der Waals surface area contributed by atoms with Crippen molar-refractivity contribution in [1.29, 1.82) is 0 Å². The van der Waals surface area contributed by atoms with Gasteiger partial charge in [0.25, 0.3) is 5.91 Å². The molecule has 18 heavy (non-hydrogen) atoms. The molecule has 1 aromatic carbocycles. The lowest BCUT2D eigenvalue weighted by Crippen LogP contribution is -2.18. The normalized spacial score (nSPS) is 11.0. The smallest absolute Gasteiger partial charge is 0.284 e. The van der Waals surface area contributed by atoms with Crippen LogP contribution in [0.1, 0.15) is 5.56 Å². The molecule has 0 aliphatic carbocycles. The van der Waals surface area contributed by atoms with E-state index < -0.39 is 5.91 Å². The van der Waals surface area contributed by atoms with Gasteiger partial charge >= 0.3 is 0 Å². The Morgan fingerprint density at radius 2 is 2.00 bits per heavy atom. The fourth-order valence-corrected chi connectivity index (χ4v) is 1.30. The summed E-state index contributed by atoms with van der Waals surface area (Å²) < 4.78 is 5.32. The first-order valence-corrected chi connectivity index (χ1v) is 5.26. The van der Waals surface area contributed by atoms with Crippen LogP contribution >= 0.6 is 0 Å². The van der Waals surface area contributed by atoms with Crippen LogP contribution in [0.2, 0.25) is 0 Å². The van der Waals surface area contributed by atoms with Gasteiger partial charge in [0.1, 0.15) is 6.33 Å². The largest absolute Gasteiger partial charge is 0.433 e. The minimum atomic E-state index is -0.655. The van der Waals surface area contributed by atoms with Crippen LogP contribution in [-0.2, 0) is 4.79 Å². The van der Waals surface area contributed by atoms with Gasteiger partial charge in [-0.2, -0.15) is 0 Å². The van der Waals surface area contributed by atoms with Gasteiger partial charge in [0, 0.05) is 12.3 Å². The van der Waals surface area contributed by atoms with E-state index in [2.05, 4.69) is 9.97 Å². The third kappa shape index (κ3) is 3.15. The lowest BCUT2D eigenvalue weighted by atomic mass is 10.2. The fraction of sp³-hybridized carbons (Fsp3) is 0. The Balaban J connectivity index is 2.25. The number of nitrogens with two attached hydrogens (primary N) is 1. The molecule has 2 rings (SSSR count). The van der Waals surface area contributed by atoms with Gasteiger partial charge in [-0.05, 0) is 11.6 Å². The van der Waals surface area contributed by atoms with Crippen molar-refractivity contribution in [3.05, 3.63) is 60.2 Å². The number of carbonyl (C=O) groups is 1. The first-order valence-electron chi connectivity index (χ1n) is 5.26. The predicted octanol–water partition coefficient (Wildman–Crippen LogP) is 1.38. The summed E-state index contributed by atoms with van der Waals surface area (Å²) in [6.07, 6.45) is 4.41. The van der Waals surface area contributed by atoms with E-state index in [1.54, 1.807) is 12.1 Å². The van der Waals surface area contributed by atoms with Crippen molar-refractivity contribution in [2.24, 2.45) is 5.73 Å². The number of rotatable bonds is 4. The summed E-state index contributed by atoms with van der Waals surface area (Å²) in [5.74, 6) is -0.358. The third-order valence-electron chi connectivity index (χ3n) is 2.11. The number of ether oxygens (including phenoxy) is 1. The summed E-state index contributed by atoms with van der Waals surface area (Å²) in [5, 5.41) is 0. The number of amides is 1. The lowest BCUT2D eigenvalue weighted by Gasteiger charge is -2.05. The van der Waals surface area contributed by atoms with E-state index in [0.717, 1.165) is 5.56 Å². The van der Waals surface area contributed by atoms with Gasteiger partial charge in [0.15, 0.2) is 5.76 Å². The average Bonchev–Trinajstić information content (AvgIpc) is 2.40. The zero-order chi connectivity index (χ0) is 12.8. The summed E-state index contributed by atoms with van der Waals surface area (Å²) in [6.45, 7) is 0. The van der Waals surface area contributed by atoms with Crippen molar-refractivity contribution in [3.8, 4) is 5.88 Å². The molecule has 0 atom stereocenters. The van der Waals surface area contributed by atoms with Crippen molar-refractivity contribution < 1.29 is 9.53 Å². The van der Waals surface area contributed by atoms with Crippen molar-refractivity contribution in [2.75, 3.05) is 0 Å². The molecule has 0 spiro atoms. The second-order valence-electron chi connectivity index (χ2n) is 3.43. The summed E-state index contributed by atoms with van der Waals surface area (Å²) in [6, 6.07) is 10.8. The molecule has 0 radical (unpaired) electrons. The molecule has 1 heterocycles. The molecular formula is C13H11N3O2. The number of nitrogens with zero attached hydrogens (tertiary/aromatic N) is 2. The molecule has 0 bridgehead atoms. The standard InChI is InChI=1S/C13H11N3O2/c14-13(17)11(8-10-4-2-1-3-5-10)18-12-6-7-15-9-16-12/h1-9H,(H2,14,17)/b11-8+. The highest BCUT2D eigenvalue weighted by Gasteiger charge is 2.08. The monoisotopic (exact) mass is 241 g/mol. The fourth-order valence-electron chi connectivity index (χ4n) is 1.30. The Bertz CT molecular complexity index is 553. The highest BCUT2D eigenvalue weighted by atomic mass is 16.5. The van der Waals surface area contributed by atoms with Gasteiger partial charge in [-0.25, -0.2) is 9.97 Å². The van der Waals surface area contributed by atoms with Gasteiger partial charge in [0.2, 0.25) is 5.88 Å². The Morgan fingerprint density at radius 1 is 1.22 bits per heavy atom. The second-order valence-corrected chi connectivity index (χ2v) is 3.43. The number of carbonyl (C=O) groups excluding carboxylic acids is 1. The molecule has 0 unspecified atom stereocenters. The molecule has 1 amide bonds. The zero-order valence-electron chi connectivity index (χ0n) is 9.48. The highest BCUT2D eigenvalue weighted by molar-refractivity contribution is 5.94. The average molecular weight is 241 g/mol. The molecule has 0 fully saturated rings. The SMILES string of the molecule is NC(=O)/C(=C\c1ccccc1)Oc1ccncn1. The number of primary amides is 1. The van der Waals surface area contributed by atoms with Crippen LogP contribution in [0.15, 0.2) is 54.7 Å². The molecule has 0 saturated carbocycles. The molecule has 0 saturated heterocycles. The molecular weight excluding hydrogens is 230 g/mol. The van der Waals surface area contributed by atoms with E-state index in [-0.39, 0.29) is 11.6 Å². The van der Waals surface area contributed by atoms with Gasteiger partial charge in [-0.15, -0.1) is 0 Å². The van der Waals surface area contributed by atoms with Crippen molar-refractivity contribution in [1.82, 2.24) is 9.97 Å². The molecule has 1 aromatic heterocycles. The first kappa shape index (κ1) is 11.8. The lowest BCUT2D eigenvalue weighted by molar-refractivity contribution is -0.116. The van der Waals surface area contributed by atoms with Crippen molar-refractivity contribution in [3.63, 3.8) is 0 Å². The quantitative estimate of drug-likeness (QED) is 0.648. The highest BCUT2D eigenvalue weighted by Crippen LogP contribution is 2.11. The maximum atomic E-state index is 11.3. The zero-order valence-corrected chi connectivity index (χ0v) is 9.48. The number of benzene rings is 1. The van der Waals surface area contributed by atoms with Crippen LogP contribution < -0.4 is 10.5 Å². The van der Waals surface area contributed by atoms with Crippen LogP contribution in [0.4, 0.5) is 0 Å². The molecule has 2 aromatic rings. The maximum absolute atomic E-state index is 11.3. The molecule has 0 aliphatic rings. The van der Waals surface area contributed by atoms with E-state index >= 15 is 0 Å². The van der Waals surface area contributed by atoms with Crippen molar-refractivity contribution >= 4 is 12.0 Å². The van der Waals surface area contributed by atoms with Gasteiger partial charge in [0.05, 0.1) is 0 Å². The van der Waals surface area contributed by atoms with Crippen LogP contribution in [0.3, 0.4) is 0 Å². The summed E-state index contributed by atoms with van der Waals surface area (Å²) in [7, 11) is 0. The number of aromatic nitrogens is 2. The molecule has 5 nitrogen and oxygen atoms in total. The molecule has 90 valence electrons. The minimum absolute atomic E-state index is 0.0277. The Kier molecular flexibility index (Phi) is 3.66.